The number of hydrogen-bond acceptors (Lipinski definition) is 5. The van der Waals surface area contributed by atoms with Crippen LogP contribution in [0, 0.1) is 5.92 Å². The molecule has 2 unspecified atom stereocenters. The molecule has 4 rings (SSSR count). The van der Waals surface area contributed by atoms with E-state index in [1.165, 1.54) is 65.6 Å². The molecule has 3 heterocycles. The van der Waals surface area contributed by atoms with E-state index in [2.05, 4.69) is 27.8 Å². The SMILES string of the molecule is CCC1CCc2sc(-c3nnc(SC(C)C(=O)N4CCCCCC4)n3C)cc2C1. The molecule has 1 aliphatic carbocycles. The third kappa shape index (κ3) is 4.55. The zero-order valence-electron chi connectivity index (χ0n) is 17.8. The number of thioether (sulfide) groups is 1. The number of aryl methyl sites for hydroxylation is 1. The van der Waals surface area contributed by atoms with E-state index in [0.717, 1.165) is 42.8 Å². The van der Waals surface area contributed by atoms with Gasteiger partial charge in [0.1, 0.15) is 0 Å². The van der Waals surface area contributed by atoms with E-state index < -0.39 is 0 Å². The third-order valence-electron chi connectivity index (χ3n) is 6.37. The van der Waals surface area contributed by atoms with E-state index in [1.807, 2.05) is 30.2 Å². The van der Waals surface area contributed by atoms with Crippen LogP contribution >= 0.6 is 23.1 Å². The van der Waals surface area contributed by atoms with Crippen LogP contribution in [0.4, 0.5) is 0 Å². The van der Waals surface area contributed by atoms with Gasteiger partial charge in [-0.15, -0.1) is 21.5 Å². The van der Waals surface area contributed by atoms with Gasteiger partial charge in [-0.25, -0.2) is 0 Å². The smallest absolute Gasteiger partial charge is 0.235 e. The van der Waals surface area contributed by atoms with Crippen LogP contribution in [0.5, 0.6) is 0 Å². The Morgan fingerprint density at radius 1 is 1.28 bits per heavy atom. The number of amides is 1. The molecule has 158 valence electrons. The summed E-state index contributed by atoms with van der Waals surface area (Å²) >= 11 is 3.41. The van der Waals surface area contributed by atoms with E-state index in [-0.39, 0.29) is 11.2 Å². The maximum atomic E-state index is 12.9. The Morgan fingerprint density at radius 3 is 2.76 bits per heavy atom. The number of aromatic nitrogens is 3. The lowest BCUT2D eigenvalue weighted by molar-refractivity contribution is -0.130. The molecule has 7 heteroatoms. The molecule has 5 nitrogen and oxygen atoms in total. The fourth-order valence-corrected chi connectivity index (χ4v) is 6.57. The lowest BCUT2D eigenvalue weighted by atomic mass is 9.87. The Kier molecular flexibility index (Phi) is 6.64. The predicted molar refractivity (Wildman–Crippen MR) is 120 cm³/mol. The van der Waals surface area contributed by atoms with Gasteiger partial charge in [0.15, 0.2) is 11.0 Å². The fourth-order valence-electron chi connectivity index (χ4n) is 4.45. The lowest BCUT2D eigenvalue weighted by Gasteiger charge is -2.23. The summed E-state index contributed by atoms with van der Waals surface area (Å²) in [5.41, 5.74) is 1.50. The molecule has 29 heavy (non-hydrogen) atoms. The molecular formula is C22H32N4OS2. The summed E-state index contributed by atoms with van der Waals surface area (Å²) in [6, 6.07) is 2.33. The molecule has 0 N–H and O–H groups in total. The molecule has 0 saturated carbocycles. The highest BCUT2D eigenvalue weighted by molar-refractivity contribution is 8.00. The van der Waals surface area contributed by atoms with Gasteiger partial charge in [-0.3, -0.25) is 4.79 Å². The van der Waals surface area contributed by atoms with Gasteiger partial charge in [-0.05, 0) is 56.6 Å². The average Bonchev–Trinajstić information content (AvgIpc) is 3.18. The Balaban J connectivity index is 1.46. The highest BCUT2D eigenvalue weighted by Gasteiger charge is 2.26. The van der Waals surface area contributed by atoms with Crippen LogP contribution in [-0.4, -0.2) is 43.9 Å². The fraction of sp³-hybridized carbons (Fsp3) is 0.682. The second-order valence-corrected chi connectivity index (χ2v) is 10.9. The quantitative estimate of drug-likeness (QED) is 0.628. The van der Waals surface area contributed by atoms with Crippen molar-refractivity contribution in [2.75, 3.05) is 13.1 Å². The van der Waals surface area contributed by atoms with E-state index in [1.54, 1.807) is 0 Å². The van der Waals surface area contributed by atoms with E-state index >= 15 is 0 Å². The molecule has 2 aromatic heterocycles. The van der Waals surface area contributed by atoms with Crippen LogP contribution in [0.2, 0.25) is 0 Å². The zero-order valence-corrected chi connectivity index (χ0v) is 19.4. The summed E-state index contributed by atoms with van der Waals surface area (Å²) < 4.78 is 2.06. The van der Waals surface area contributed by atoms with E-state index in [9.17, 15) is 4.79 Å². The Bertz CT molecular complexity index is 851. The van der Waals surface area contributed by atoms with Crippen LogP contribution < -0.4 is 0 Å². The minimum Gasteiger partial charge on any atom is -0.342 e. The van der Waals surface area contributed by atoms with Gasteiger partial charge in [-0.2, -0.15) is 0 Å². The van der Waals surface area contributed by atoms with Gasteiger partial charge in [0.25, 0.3) is 0 Å². The van der Waals surface area contributed by atoms with Gasteiger partial charge >= 0.3 is 0 Å². The number of carbonyl (C=O) groups is 1. The van der Waals surface area contributed by atoms with Crippen LogP contribution in [0.3, 0.4) is 0 Å². The second-order valence-electron chi connectivity index (χ2n) is 8.44. The van der Waals surface area contributed by atoms with Gasteiger partial charge in [0, 0.05) is 25.0 Å². The van der Waals surface area contributed by atoms with Crippen LogP contribution in [-0.2, 0) is 24.7 Å². The maximum absolute atomic E-state index is 12.9. The molecule has 0 aromatic carbocycles. The van der Waals surface area contributed by atoms with Gasteiger partial charge < -0.3 is 9.47 Å². The standard InChI is InChI=1S/C22H32N4OS2/c1-4-16-9-10-18-17(13-16)14-19(29-18)20-23-24-22(25(20)3)28-15(2)21(27)26-11-7-5-6-8-12-26/h14-16H,4-13H2,1-3H3. The van der Waals surface area contributed by atoms with Crippen LogP contribution in [0.25, 0.3) is 10.7 Å². The summed E-state index contributed by atoms with van der Waals surface area (Å²) in [6.45, 7) is 6.09. The zero-order chi connectivity index (χ0) is 20.4. The molecule has 1 amide bonds. The first-order valence-corrected chi connectivity index (χ1v) is 12.7. The number of likely N-dealkylation sites (tertiary alicyclic amines) is 1. The average molecular weight is 433 g/mol. The monoisotopic (exact) mass is 432 g/mol. The molecule has 0 spiro atoms. The van der Waals surface area contributed by atoms with E-state index in [0.29, 0.717) is 0 Å². The number of rotatable bonds is 5. The Hall–Kier alpha value is -1.34. The summed E-state index contributed by atoms with van der Waals surface area (Å²) in [5, 5.41) is 9.61. The van der Waals surface area contributed by atoms with Gasteiger partial charge in [0.05, 0.1) is 10.1 Å². The molecule has 0 radical (unpaired) electrons. The van der Waals surface area contributed by atoms with Crippen molar-refractivity contribution in [2.24, 2.45) is 13.0 Å². The minimum atomic E-state index is -0.134. The van der Waals surface area contributed by atoms with Gasteiger partial charge in [-0.1, -0.05) is 37.9 Å². The summed E-state index contributed by atoms with van der Waals surface area (Å²) in [7, 11) is 2.02. The van der Waals surface area contributed by atoms with Crippen molar-refractivity contribution >= 4 is 29.0 Å². The molecule has 1 fully saturated rings. The highest BCUT2D eigenvalue weighted by atomic mass is 32.2. The Labute approximate surface area is 182 Å². The van der Waals surface area contributed by atoms with Crippen molar-refractivity contribution < 1.29 is 4.79 Å². The Morgan fingerprint density at radius 2 is 2.03 bits per heavy atom. The normalized spacial score (nSPS) is 20.9. The second kappa shape index (κ2) is 9.21. The number of fused-ring (bicyclic) bond motifs is 1. The van der Waals surface area contributed by atoms with Crippen LogP contribution in [0.1, 0.15) is 62.8 Å². The van der Waals surface area contributed by atoms with Crippen molar-refractivity contribution in [3.05, 3.63) is 16.5 Å². The first-order chi connectivity index (χ1) is 14.1. The molecule has 0 bridgehead atoms. The van der Waals surface area contributed by atoms with Crippen molar-refractivity contribution in [2.45, 2.75) is 75.6 Å². The van der Waals surface area contributed by atoms with Crippen molar-refractivity contribution in [1.29, 1.82) is 0 Å². The van der Waals surface area contributed by atoms with Gasteiger partial charge in [0.2, 0.25) is 5.91 Å². The summed E-state index contributed by atoms with van der Waals surface area (Å²) in [4.78, 5) is 17.7. The van der Waals surface area contributed by atoms with Crippen molar-refractivity contribution in [3.63, 3.8) is 0 Å². The first-order valence-electron chi connectivity index (χ1n) is 11.0. The molecule has 2 aromatic rings. The number of carbonyl (C=O) groups excluding carboxylic acids is 1. The largest absolute Gasteiger partial charge is 0.342 e. The maximum Gasteiger partial charge on any atom is 0.235 e. The molecule has 2 atom stereocenters. The van der Waals surface area contributed by atoms with E-state index in [4.69, 9.17) is 0 Å². The summed E-state index contributed by atoms with van der Waals surface area (Å²) in [5.74, 6) is 1.98. The summed E-state index contributed by atoms with van der Waals surface area (Å²) in [6.07, 6.45) is 9.68. The molecule has 1 saturated heterocycles. The predicted octanol–water partition coefficient (Wildman–Crippen LogP) is 4.94. The number of hydrogen-bond donors (Lipinski definition) is 0. The van der Waals surface area contributed by atoms with Crippen molar-refractivity contribution in [1.82, 2.24) is 19.7 Å². The first kappa shape index (κ1) is 20.9. The van der Waals surface area contributed by atoms with Crippen molar-refractivity contribution in [3.8, 4) is 10.7 Å². The molecule has 2 aliphatic rings. The third-order valence-corrected chi connectivity index (χ3v) is 8.72. The number of nitrogens with zero attached hydrogens (tertiary/aromatic N) is 4. The molecule has 1 aliphatic heterocycles. The topological polar surface area (TPSA) is 51.0 Å². The highest BCUT2D eigenvalue weighted by Crippen LogP contribution is 2.38. The minimum absolute atomic E-state index is 0.134. The molecular weight excluding hydrogens is 400 g/mol. The lowest BCUT2D eigenvalue weighted by Crippen LogP contribution is -2.37. The van der Waals surface area contributed by atoms with Crippen LogP contribution in [0.15, 0.2) is 11.2 Å². The number of thiophene rings is 1.